The van der Waals surface area contributed by atoms with Crippen LogP contribution < -0.4 is 0 Å². The van der Waals surface area contributed by atoms with Crippen LogP contribution in [0.25, 0.3) is 0 Å². The molecule has 17 heavy (non-hydrogen) atoms. The van der Waals surface area contributed by atoms with Crippen LogP contribution in [0.2, 0.25) is 0 Å². The fourth-order valence-corrected chi connectivity index (χ4v) is 1.82. The maximum absolute atomic E-state index is 12.1. The average molecular weight is 238 g/mol. The van der Waals surface area contributed by atoms with Gasteiger partial charge in [-0.05, 0) is 5.41 Å². The van der Waals surface area contributed by atoms with E-state index in [2.05, 4.69) is 36.2 Å². The highest BCUT2D eigenvalue weighted by atomic mass is 16.5. The lowest BCUT2D eigenvalue weighted by Gasteiger charge is -2.39. The zero-order chi connectivity index (χ0) is 12.5. The minimum absolute atomic E-state index is 0.0305. The van der Waals surface area contributed by atoms with Crippen molar-refractivity contribution in [1.82, 2.24) is 20.3 Å². The number of morpholine rings is 1. The number of ether oxygens (including phenoxy) is 1. The second kappa shape index (κ2) is 4.44. The van der Waals surface area contributed by atoms with E-state index in [1.807, 2.05) is 0 Å². The Morgan fingerprint density at radius 3 is 2.94 bits per heavy atom. The summed E-state index contributed by atoms with van der Waals surface area (Å²) in [6.07, 6.45) is 1.51. The van der Waals surface area contributed by atoms with E-state index in [-0.39, 0.29) is 17.4 Å². The Kier molecular flexibility index (Phi) is 3.15. The van der Waals surface area contributed by atoms with Crippen molar-refractivity contribution in [2.45, 2.75) is 26.9 Å². The minimum Gasteiger partial charge on any atom is -0.374 e. The van der Waals surface area contributed by atoms with Crippen LogP contribution in [0.4, 0.5) is 0 Å². The topological polar surface area (TPSA) is 71.1 Å². The molecule has 1 atom stereocenters. The number of carbonyl (C=O) groups is 1. The number of aromatic amines is 1. The van der Waals surface area contributed by atoms with Crippen molar-refractivity contribution in [1.29, 1.82) is 0 Å². The molecule has 0 spiro atoms. The summed E-state index contributed by atoms with van der Waals surface area (Å²) in [4.78, 5) is 13.9. The molecule has 2 heterocycles. The Hall–Kier alpha value is -1.43. The van der Waals surface area contributed by atoms with Gasteiger partial charge in [0.25, 0.3) is 5.91 Å². The summed E-state index contributed by atoms with van der Waals surface area (Å²) < 4.78 is 5.70. The van der Waals surface area contributed by atoms with Crippen LogP contribution in [-0.2, 0) is 4.74 Å². The molecular weight excluding hydrogens is 220 g/mol. The molecule has 0 bridgehead atoms. The van der Waals surface area contributed by atoms with E-state index in [1.54, 1.807) is 4.90 Å². The van der Waals surface area contributed by atoms with Gasteiger partial charge in [-0.1, -0.05) is 20.8 Å². The molecule has 0 saturated carbocycles. The standard InChI is InChI=1S/C11H18N4O2/c1-11(2,3)9-7-15(4-5-17-9)10(16)8-6-12-14-13-8/h6,9H,4-5,7H2,1-3H3,(H,12,13,14). The number of carbonyl (C=O) groups excluding carboxylic acids is 1. The molecule has 1 amide bonds. The predicted molar refractivity (Wildman–Crippen MR) is 61.5 cm³/mol. The van der Waals surface area contributed by atoms with Gasteiger partial charge in [0.2, 0.25) is 0 Å². The second-order valence-electron chi connectivity index (χ2n) is 5.33. The molecule has 2 rings (SSSR count). The Bertz CT molecular complexity index is 383. The van der Waals surface area contributed by atoms with Crippen molar-refractivity contribution < 1.29 is 9.53 Å². The molecule has 6 nitrogen and oxygen atoms in total. The van der Waals surface area contributed by atoms with Gasteiger partial charge in [0.05, 0.1) is 18.9 Å². The summed E-state index contributed by atoms with van der Waals surface area (Å²) in [5.41, 5.74) is 0.391. The molecule has 1 aromatic rings. The van der Waals surface area contributed by atoms with Crippen LogP contribution in [-0.4, -0.2) is 52.0 Å². The summed E-state index contributed by atoms with van der Waals surface area (Å²) in [6.45, 7) is 8.13. The average Bonchev–Trinajstić information content (AvgIpc) is 2.80. The summed E-state index contributed by atoms with van der Waals surface area (Å²) in [5, 5.41) is 9.91. The molecule has 1 unspecified atom stereocenters. The highest BCUT2D eigenvalue weighted by Gasteiger charge is 2.33. The normalized spacial score (nSPS) is 21.6. The molecule has 1 fully saturated rings. The van der Waals surface area contributed by atoms with Gasteiger partial charge >= 0.3 is 0 Å². The highest BCUT2D eigenvalue weighted by Crippen LogP contribution is 2.25. The maximum Gasteiger partial charge on any atom is 0.276 e. The monoisotopic (exact) mass is 238 g/mol. The number of rotatable bonds is 1. The van der Waals surface area contributed by atoms with Crippen molar-refractivity contribution >= 4 is 5.91 Å². The molecule has 0 aliphatic carbocycles. The zero-order valence-electron chi connectivity index (χ0n) is 10.4. The lowest BCUT2D eigenvalue weighted by molar-refractivity contribution is -0.0707. The van der Waals surface area contributed by atoms with Gasteiger partial charge in [0.1, 0.15) is 0 Å². The van der Waals surface area contributed by atoms with E-state index in [4.69, 9.17) is 4.74 Å². The first kappa shape index (κ1) is 12.0. The van der Waals surface area contributed by atoms with E-state index in [0.29, 0.717) is 25.4 Å². The van der Waals surface area contributed by atoms with E-state index in [1.165, 1.54) is 6.20 Å². The third-order valence-corrected chi connectivity index (χ3v) is 2.95. The maximum atomic E-state index is 12.1. The van der Waals surface area contributed by atoms with Crippen LogP contribution >= 0.6 is 0 Å². The molecular formula is C11H18N4O2. The lowest BCUT2D eigenvalue weighted by Crippen LogP contribution is -2.50. The van der Waals surface area contributed by atoms with Crippen LogP contribution in [0.3, 0.4) is 0 Å². The van der Waals surface area contributed by atoms with Gasteiger partial charge in [-0.15, -0.1) is 0 Å². The van der Waals surface area contributed by atoms with Crippen molar-refractivity contribution in [2.24, 2.45) is 5.41 Å². The molecule has 0 radical (unpaired) electrons. The SMILES string of the molecule is CC(C)(C)C1CN(C(=O)c2cn[nH]n2)CCO1. The smallest absolute Gasteiger partial charge is 0.276 e. The van der Waals surface area contributed by atoms with Crippen molar-refractivity contribution in [3.05, 3.63) is 11.9 Å². The summed E-state index contributed by atoms with van der Waals surface area (Å²) in [7, 11) is 0. The van der Waals surface area contributed by atoms with Crippen molar-refractivity contribution in [3.63, 3.8) is 0 Å². The molecule has 94 valence electrons. The van der Waals surface area contributed by atoms with Crippen LogP contribution in [0.15, 0.2) is 6.20 Å². The van der Waals surface area contributed by atoms with Gasteiger partial charge in [0, 0.05) is 13.1 Å². The largest absolute Gasteiger partial charge is 0.374 e. The number of nitrogens with one attached hydrogen (secondary N) is 1. The first-order valence-corrected chi connectivity index (χ1v) is 5.75. The van der Waals surface area contributed by atoms with E-state index in [9.17, 15) is 4.79 Å². The van der Waals surface area contributed by atoms with Gasteiger partial charge in [-0.3, -0.25) is 4.79 Å². The molecule has 1 aliphatic heterocycles. The number of hydrogen-bond acceptors (Lipinski definition) is 4. The van der Waals surface area contributed by atoms with Crippen molar-refractivity contribution in [2.75, 3.05) is 19.7 Å². The molecule has 1 aromatic heterocycles. The fraction of sp³-hybridized carbons (Fsp3) is 0.727. The summed E-state index contributed by atoms with van der Waals surface area (Å²) >= 11 is 0. The number of nitrogens with zero attached hydrogens (tertiary/aromatic N) is 3. The molecule has 1 N–H and O–H groups in total. The first-order chi connectivity index (χ1) is 7.98. The van der Waals surface area contributed by atoms with Crippen LogP contribution in [0.5, 0.6) is 0 Å². The quantitative estimate of drug-likeness (QED) is 0.781. The van der Waals surface area contributed by atoms with Gasteiger partial charge in [0.15, 0.2) is 5.69 Å². The second-order valence-corrected chi connectivity index (χ2v) is 5.33. The third-order valence-electron chi connectivity index (χ3n) is 2.95. The highest BCUT2D eigenvalue weighted by molar-refractivity contribution is 5.91. The van der Waals surface area contributed by atoms with Crippen LogP contribution in [0.1, 0.15) is 31.3 Å². The summed E-state index contributed by atoms with van der Waals surface area (Å²) in [5.74, 6) is -0.0868. The molecule has 1 aliphatic rings. The predicted octanol–water partition coefficient (Wildman–Crippen LogP) is 0.692. The molecule has 1 saturated heterocycles. The Morgan fingerprint density at radius 1 is 1.59 bits per heavy atom. The van der Waals surface area contributed by atoms with Crippen LogP contribution in [0, 0.1) is 5.41 Å². The van der Waals surface area contributed by atoms with Gasteiger partial charge in [-0.2, -0.15) is 15.4 Å². The fourth-order valence-electron chi connectivity index (χ4n) is 1.82. The molecule has 6 heteroatoms. The van der Waals surface area contributed by atoms with E-state index < -0.39 is 0 Å². The first-order valence-electron chi connectivity index (χ1n) is 5.75. The minimum atomic E-state index is -0.0868. The van der Waals surface area contributed by atoms with E-state index in [0.717, 1.165) is 0 Å². The Labute approximate surface area is 100 Å². The third kappa shape index (κ3) is 2.63. The zero-order valence-corrected chi connectivity index (χ0v) is 10.4. The number of aromatic nitrogens is 3. The van der Waals surface area contributed by atoms with Gasteiger partial charge < -0.3 is 9.64 Å². The number of H-pyrrole nitrogens is 1. The van der Waals surface area contributed by atoms with Gasteiger partial charge in [-0.25, -0.2) is 0 Å². The lowest BCUT2D eigenvalue weighted by atomic mass is 9.88. The molecule has 0 aromatic carbocycles. The Balaban J connectivity index is 2.05. The van der Waals surface area contributed by atoms with Crippen molar-refractivity contribution in [3.8, 4) is 0 Å². The van der Waals surface area contributed by atoms with E-state index >= 15 is 0 Å². The number of amides is 1. The Morgan fingerprint density at radius 2 is 2.35 bits per heavy atom. The summed E-state index contributed by atoms with van der Waals surface area (Å²) in [6, 6.07) is 0. The number of hydrogen-bond donors (Lipinski definition) is 1.